The summed E-state index contributed by atoms with van der Waals surface area (Å²) in [4.78, 5) is 2.16. The number of rotatable bonds is 2. The number of hydrogen-bond donors (Lipinski definition) is 1. The molecule has 0 bridgehead atoms. The van der Waals surface area contributed by atoms with E-state index in [0.717, 1.165) is 19.5 Å². The third-order valence-corrected chi connectivity index (χ3v) is 2.95. The molecule has 0 radical (unpaired) electrons. The molecule has 0 aromatic heterocycles. The summed E-state index contributed by atoms with van der Waals surface area (Å²) in [6.07, 6.45) is 0.995. The van der Waals surface area contributed by atoms with Crippen molar-refractivity contribution in [2.75, 3.05) is 13.1 Å². The molecule has 1 unspecified atom stereocenters. The van der Waals surface area contributed by atoms with E-state index in [1.54, 1.807) is 12.1 Å². The first-order valence-electron chi connectivity index (χ1n) is 5.07. The van der Waals surface area contributed by atoms with Gasteiger partial charge < -0.3 is 5.73 Å². The van der Waals surface area contributed by atoms with Gasteiger partial charge in [-0.3, -0.25) is 4.90 Å². The van der Waals surface area contributed by atoms with Crippen LogP contribution in [-0.4, -0.2) is 24.0 Å². The van der Waals surface area contributed by atoms with Crippen LogP contribution in [0.4, 0.5) is 4.39 Å². The number of halogens is 3. The lowest BCUT2D eigenvalue weighted by Gasteiger charge is -2.15. The van der Waals surface area contributed by atoms with Gasteiger partial charge in [0.25, 0.3) is 0 Å². The fraction of sp³-hybridized carbons (Fsp3) is 0.455. The Kier molecular flexibility index (Phi) is 4.99. The first-order chi connectivity index (χ1) is 7.15. The van der Waals surface area contributed by atoms with E-state index < -0.39 is 0 Å². The topological polar surface area (TPSA) is 29.3 Å². The molecule has 0 aliphatic carbocycles. The molecule has 1 atom stereocenters. The highest BCUT2D eigenvalue weighted by atomic mass is 35.5. The first kappa shape index (κ1) is 13.7. The maximum atomic E-state index is 13.5. The smallest absolute Gasteiger partial charge is 0.129 e. The summed E-state index contributed by atoms with van der Waals surface area (Å²) in [5, 5.41) is 0.439. The molecule has 0 amide bonds. The monoisotopic (exact) mass is 264 g/mol. The van der Waals surface area contributed by atoms with Gasteiger partial charge in [0, 0.05) is 36.3 Å². The van der Waals surface area contributed by atoms with Crippen molar-refractivity contribution in [3.63, 3.8) is 0 Å². The maximum absolute atomic E-state index is 13.5. The standard InChI is InChI=1S/C11H14ClFN2.ClH/c12-9-2-1-8(11(13)5-9)6-15-4-3-10(14)7-15;/h1-2,5,10H,3-4,6-7,14H2;1H. The lowest BCUT2D eigenvalue weighted by atomic mass is 10.2. The molecule has 0 spiro atoms. The molecular weight excluding hydrogens is 250 g/mol. The molecule has 1 aliphatic rings. The van der Waals surface area contributed by atoms with E-state index in [4.69, 9.17) is 17.3 Å². The van der Waals surface area contributed by atoms with Crippen molar-refractivity contribution < 1.29 is 4.39 Å². The summed E-state index contributed by atoms with van der Waals surface area (Å²) < 4.78 is 13.5. The lowest BCUT2D eigenvalue weighted by molar-refractivity contribution is 0.321. The van der Waals surface area contributed by atoms with Crippen molar-refractivity contribution in [2.45, 2.75) is 19.0 Å². The van der Waals surface area contributed by atoms with E-state index in [1.165, 1.54) is 6.07 Å². The van der Waals surface area contributed by atoms with Crippen LogP contribution in [0.2, 0.25) is 5.02 Å². The minimum atomic E-state index is -0.233. The molecule has 1 heterocycles. The van der Waals surface area contributed by atoms with Crippen molar-refractivity contribution in [2.24, 2.45) is 5.73 Å². The van der Waals surface area contributed by atoms with Crippen LogP contribution >= 0.6 is 24.0 Å². The van der Waals surface area contributed by atoms with Crippen LogP contribution in [0.3, 0.4) is 0 Å². The van der Waals surface area contributed by atoms with Crippen molar-refractivity contribution in [3.8, 4) is 0 Å². The highest BCUT2D eigenvalue weighted by Gasteiger charge is 2.19. The average molecular weight is 265 g/mol. The molecule has 1 saturated heterocycles. The molecule has 2 N–H and O–H groups in total. The van der Waals surface area contributed by atoms with Crippen LogP contribution < -0.4 is 5.73 Å². The van der Waals surface area contributed by atoms with Crippen LogP contribution in [0.15, 0.2) is 18.2 Å². The number of likely N-dealkylation sites (tertiary alicyclic amines) is 1. The zero-order valence-electron chi connectivity index (χ0n) is 8.83. The Balaban J connectivity index is 0.00000128. The number of hydrogen-bond acceptors (Lipinski definition) is 2. The Bertz CT molecular complexity index is 360. The zero-order valence-corrected chi connectivity index (χ0v) is 10.4. The number of nitrogens with two attached hydrogens (primary N) is 1. The quantitative estimate of drug-likeness (QED) is 0.889. The highest BCUT2D eigenvalue weighted by Crippen LogP contribution is 2.18. The van der Waals surface area contributed by atoms with E-state index in [0.29, 0.717) is 17.1 Å². The van der Waals surface area contributed by atoms with E-state index >= 15 is 0 Å². The minimum Gasteiger partial charge on any atom is -0.326 e. The third-order valence-electron chi connectivity index (χ3n) is 2.72. The fourth-order valence-corrected chi connectivity index (χ4v) is 2.06. The molecule has 0 saturated carbocycles. The van der Waals surface area contributed by atoms with E-state index in [9.17, 15) is 4.39 Å². The Labute approximate surface area is 106 Å². The van der Waals surface area contributed by atoms with Gasteiger partial charge in [-0.25, -0.2) is 4.39 Å². The van der Waals surface area contributed by atoms with Gasteiger partial charge in [-0.05, 0) is 18.6 Å². The number of nitrogens with zero attached hydrogens (tertiary/aromatic N) is 1. The molecule has 2 nitrogen and oxygen atoms in total. The van der Waals surface area contributed by atoms with Crippen LogP contribution in [0, 0.1) is 5.82 Å². The molecule has 1 aromatic carbocycles. The van der Waals surface area contributed by atoms with Gasteiger partial charge >= 0.3 is 0 Å². The Morgan fingerprint density at radius 3 is 2.81 bits per heavy atom. The van der Waals surface area contributed by atoms with Gasteiger partial charge in [0.05, 0.1) is 0 Å². The van der Waals surface area contributed by atoms with E-state index in [1.807, 2.05) is 0 Å². The second kappa shape index (κ2) is 5.82. The van der Waals surface area contributed by atoms with Gasteiger partial charge in [-0.2, -0.15) is 0 Å². The molecule has 1 aromatic rings. The Hall–Kier alpha value is -0.350. The number of benzene rings is 1. The molecule has 2 rings (SSSR count). The summed E-state index contributed by atoms with van der Waals surface area (Å²) in [5.74, 6) is -0.233. The zero-order chi connectivity index (χ0) is 10.8. The summed E-state index contributed by atoms with van der Waals surface area (Å²) in [7, 11) is 0. The van der Waals surface area contributed by atoms with E-state index in [-0.39, 0.29) is 24.3 Å². The van der Waals surface area contributed by atoms with Crippen molar-refractivity contribution in [1.29, 1.82) is 0 Å². The predicted molar refractivity (Wildman–Crippen MR) is 66.5 cm³/mol. The van der Waals surface area contributed by atoms with Gasteiger partial charge in [0.15, 0.2) is 0 Å². The first-order valence-corrected chi connectivity index (χ1v) is 5.45. The third kappa shape index (κ3) is 3.32. The van der Waals surface area contributed by atoms with Gasteiger partial charge in [-0.15, -0.1) is 12.4 Å². The second-order valence-corrected chi connectivity index (χ2v) is 4.46. The van der Waals surface area contributed by atoms with E-state index in [2.05, 4.69) is 4.90 Å². The largest absolute Gasteiger partial charge is 0.326 e. The highest BCUT2D eigenvalue weighted by molar-refractivity contribution is 6.30. The van der Waals surface area contributed by atoms with Crippen molar-refractivity contribution in [3.05, 3.63) is 34.6 Å². The lowest BCUT2D eigenvalue weighted by Crippen LogP contribution is -2.26. The SMILES string of the molecule is Cl.NC1CCN(Cc2ccc(Cl)cc2F)C1. The minimum absolute atomic E-state index is 0. The van der Waals surface area contributed by atoms with Crippen LogP contribution in [0.25, 0.3) is 0 Å². The Morgan fingerprint density at radius 2 is 2.25 bits per heavy atom. The van der Waals surface area contributed by atoms with Crippen LogP contribution in [-0.2, 0) is 6.54 Å². The molecule has 5 heteroatoms. The molecular formula is C11H15Cl2FN2. The molecule has 90 valence electrons. The summed E-state index contributed by atoms with van der Waals surface area (Å²) in [6, 6.07) is 5.05. The summed E-state index contributed by atoms with van der Waals surface area (Å²) in [5.41, 5.74) is 6.47. The molecule has 1 fully saturated rings. The van der Waals surface area contributed by atoms with Crippen molar-refractivity contribution >= 4 is 24.0 Å². The Morgan fingerprint density at radius 1 is 1.50 bits per heavy atom. The van der Waals surface area contributed by atoms with Gasteiger partial charge in [0.1, 0.15) is 5.82 Å². The average Bonchev–Trinajstić information content (AvgIpc) is 2.56. The maximum Gasteiger partial charge on any atom is 0.129 e. The summed E-state index contributed by atoms with van der Waals surface area (Å²) >= 11 is 5.68. The van der Waals surface area contributed by atoms with Crippen molar-refractivity contribution in [1.82, 2.24) is 4.90 Å². The normalized spacial score (nSPS) is 20.8. The predicted octanol–water partition coefficient (Wildman–Crippen LogP) is 2.43. The van der Waals surface area contributed by atoms with Gasteiger partial charge in [0.2, 0.25) is 0 Å². The van der Waals surface area contributed by atoms with Crippen LogP contribution in [0.5, 0.6) is 0 Å². The molecule has 1 aliphatic heterocycles. The fourth-order valence-electron chi connectivity index (χ4n) is 1.90. The van der Waals surface area contributed by atoms with Crippen LogP contribution in [0.1, 0.15) is 12.0 Å². The second-order valence-electron chi connectivity index (χ2n) is 4.02. The molecule has 16 heavy (non-hydrogen) atoms. The summed E-state index contributed by atoms with van der Waals surface area (Å²) in [6.45, 7) is 2.42. The van der Waals surface area contributed by atoms with Gasteiger partial charge in [-0.1, -0.05) is 17.7 Å².